The van der Waals surface area contributed by atoms with Crippen molar-refractivity contribution in [3.8, 4) is 0 Å². The molecule has 0 spiro atoms. The van der Waals surface area contributed by atoms with Gasteiger partial charge in [0.25, 0.3) is 0 Å². The molecule has 122 valence electrons. The van der Waals surface area contributed by atoms with Crippen molar-refractivity contribution in [1.82, 2.24) is 0 Å². The van der Waals surface area contributed by atoms with E-state index < -0.39 is 5.31 Å². The van der Waals surface area contributed by atoms with Crippen LogP contribution in [0, 0.1) is 0 Å². The quantitative estimate of drug-likeness (QED) is 0.545. The number of halogens is 1. The number of hydrogen-bond acceptors (Lipinski definition) is 2. The van der Waals surface area contributed by atoms with Gasteiger partial charge in [-0.15, -0.1) is 0 Å². The Balaban J connectivity index is 2.18. The second kappa shape index (κ2) is 6.86. The van der Waals surface area contributed by atoms with Crippen LogP contribution in [0.3, 0.4) is 0 Å². The van der Waals surface area contributed by atoms with Gasteiger partial charge in [-0.2, -0.15) is 0 Å². The molecule has 1 saturated heterocycles. The van der Waals surface area contributed by atoms with Crippen molar-refractivity contribution in [3.63, 3.8) is 0 Å². The summed E-state index contributed by atoms with van der Waals surface area (Å²) < 4.78 is 11.6. The number of ether oxygens (including phenoxy) is 2. The third kappa shape index (κ3) is 3.16. The second-order valence-electron chi connectivity index (χ2n) is 5.87. The van der Waals surface area contributed by atoms with E-state index in [1.54, 1.807) is 0 Å². The van der Waals surface area contributed by atoms with Crippen LogP contribution in [0.15, 0.2) is 73.3 Å². The third-order valence-electron chi connectivity index (χ3n) is 4.43. The molecule has 0 saturated carbocycles. The van der Waals surface area contributed by atoms with Gasteiger partial charge in [0.2, 0.25) is 0 Å². The van der Waals surface area contributed by atoms with Gasteiger partial charge in [-0.25, -0.2) is 0 Å². The predicted octanol–water partition coefficient (Wildman–Crippen LogP) is 4.06. The molecule has 1 aliphatic heterocycles. The fourth-order valence-electron chi connectivity index (χ4n) is 3.28. The van der Waals surface area contributed by atoms with Crippen LogP contribution < -0.4 is 10.6 Å². The van der Waals surface area contributed by atoms with E-state index >= 15 is 0 Å². The molecule has 0 N–H and O–H groups in total. The van der Waals surface area contributed by atoms with Crippen LogP contribution in [0.25, 0.3) is 0 Å². The van der Waals surface area contributed by atoms with E-state index in [0.29, 0.717) is 13.2 Å². The summed E-state index contributed by atoms with van der Waals surface area (Å²) in [6.45, 7) is 5.37. The maximum atomic E-state index is 5.81. The Kier molecular flexibility index (Phi) is 5.03. The van der Waals surface area contributed by atoms with E-state index in [1.165, 1.54) is 10.6 Å². The fourth-order valence-corrected chi connectivity index (χ4v) is 10.4. The van der Waals surface area contributed by atoms with Gasteiger partial charge in [-0.05, 0) is 0 Å². The minimum atomic E-state index is -2.67. The van der Waals surface area contributed by atoms with Gasteiger partial charge < -0.3 is 0 Å². The fraction of sp³-hybridized carbons (Fsp3) is 0.263. The molecule has 0 bridgehead atoms. The molecule has 0 atom stereocenters. The average Bonchev–Trinajstić information content (AvgIpc) is 3.09. The molecule has 0 aromatic heterocycles. The monoisotopic (exact) mass is 392 g/mol. The predicted molar refractivity (Wildman–Crippen MR) is 104 cm³/mol. The Hall–Kier alpha value is -0.990. The van der Waals surface area contributed by atoms with E-state index in [4.69, 9.17) is 9.47 Å². The van der Waals surface area contributed by atoms with Crippen molar-refractivity contribution < 1.29 is 9.47 Å². The first-order valence-electron chi connectivity index (χ1n) is 7.84. The van der Waals surface area contributed by atoms with E-state index in [0.717, 1.165) is 12.3 Å². The molecule has 2 aromatic carbocycles. The van der Waals surface area contributed by atoms with E-state index in [9.17, 15) is 0 Å². The zero-order chi connectivity index (χ0) is 16.2. The van der Waals surface area contributed by atoms with Crippen LogP contribution in [0.4, 0.5) is 0 Å². The first-order chi connectivity index (χ1) is 11.2. The van der Waals surface area contributed by atoms with Crippen molar-refractivity contribution in [1.29, 1.82) is 0 Å². The summed E-state index contributed by atoms with van der Waals surface area (Å²) in [5.74, 6) is 0. The molecule has 0 amide bonds. The number of hydrogen-bond donors (Lipinski definition) is 0. The Morgan fingerprint density at radius 2 is 1.43 bits per heavy atom. The van der Waals surface area contributed by atoms with E-state index in [2.05, 4.69) is 82.7 Å². The SMILES string of the molecule is C=CCP(Br)(CC1OCCO1)(c1ccccc1)c1ccccc1. The summed E-state index contributed by atoms with van der Waals surface area (Å²) in [4.78, 5) is 0. The summed E-state index contributed by atoms with van der Waals surface area (Å²) in [6, 6.07) is 21.3. The zero-order valence-electron chi connectivity index (χ0n) is 13.1. The standard InChI is InChI=1S/C19H22BrO2P/c1-2-15-23(20,16-19-21-13-14-22-19,17-9-5-3-6-10-17)18-11-7-4-8-12-18/h2-12,19H,1,13-16H2. The van der Waals surface area contributed by atoms with E-state index in [-0.39, 0.29) is 6.29 Å². The van der Waals surface area contributed by atoms with Gasteiger partial charge in [0.15, 0.2) is 0 Å². The third-order valence-corrected chi connectivity index (χ3v) is 13.7. The van der Waals surface area contributed by atoms with Crippen molar-refractivity contribution >= 4 is 31.4 Å². The average molecular weight is 393 g/mol. The van der Waals surface area contributed by atoms with Crippen molar-refractivity contribution in [2.24, 2.45) is 0 Å². The van der Waals surface area contributed by atoms with Crippen molar-refractivity contribution in [3.05, 3.63) is 73.3 Å². The van der Waals surface area contributed by atoms with Gasteiger partial charge >= 0.3 is 146 Å². The Bertz CT molecular complexity index is 614. The van der Waals surface area contributed by atoms with Crippen molar-refractivity contribution in [2.45, 2.75) is 6.29 Å². The maximum absolute atomic E-state index is 5.81. The summed E-state index contributed by atoms with van der Waals surface area (Å²) in [7, 11) is 0. The van der Waals surface area contributed by atoms with E-state index in [1.807, 2.05) is 6.08 Å². The van der Waals surface area contributed by atoms with Crippen LogP contribution in [0.5, 0.6) is 0 Å². The molecule has 0 radical (unpaired) electrons. The van der Waals surface area contributed by atoms with Crippen LogP contribution in [0.2, 0.25) is 0 Å². The topological polar surface area (TPSA) is 18.5 Å². The number of allylic oxidation sites excluding steroid dienone is 1. The van der Waals surface area contributed by atoms with Crippen LogP contribution in [-0.4, -0.2) is 31.8 Å². The Labute approximate surface area is 146 Å². The van der Waals surface area contributed by atoms with Crippen LogP contribution >= 0.6 is 20.8 Å². The molecule has 0 aliphatic carbocycles. The molecule has 1 heterocycles. The molecule has 2 nitrogen and oxygen atoms in total. The molecule has 1 fully saturated rings. The van der Waals surface area contributed by atoms with Gasteiger partial charge in [-0.1, -0.05) is 0 Å². The van der Waals surface area contributed by atoms with Gasteiger partial charge in [0.05, 0.1) is 0 Å². The van der Waals surface area contributed by atoms with Crippen LogP contribution in [-0.2, 0) is 9.47 Å². The first-order valence-corrected chi connectivity index (χ1v) is 12.5. The molecule has 0 unspecified atom stereocenters. The first kappa shape index (κ1) is 16.9. The zero-order valence-corrected chi connectivity index (χ0v) is 15.6. The minimum absolute atomic E-state index is 0.174. The molecule has 2 aromatic rings. The summed E-state index contributed by atoms with van der Waals surface area (Å²) >= 11 is 4.28. The molecule has 23 heavy (non-hydrogen) atoms. The van der Waals surface area contributed by atoms with Gasteiger partial charge in [0, 0.05) is 0 Å². The second-order valence-corrected chi connectivity index (χ2v) is 15.5. The molecular weight excluding hydrogens is 371 g/mol. The summed E-state index contributed by atoms with van der Waals surface area (Å²) in [5.41, 5.74) is 0. The van der Waals surface area contributed by atoms with Gasteiger partial charge in [-0.3, -0.25) is 0 Å². The Morgan fingerprint density at radius 3 is 1.87 bits per heavy atom. The Morgan fingerprint density at radius 1 is 0.957 bits per heavy atom. The number of rotatable bonds is 6. The summed E-state index contributed by atoms with van der Waals surface area (Å²) in [5, 5.41) is -0.0524. The molecule has 1 aliphatic rings. The van der Waals surface area contributed by atoms with Gasteiger partial charge in [0.1, 0.15) is 0 Å². The molecule has 4 heteroatoms. The number of benzene rings is 2. The summed E-state index contributed by atoms with van der Waals surface area (Å²) in [6.07, 6.45) is 3.52. The molecular formula is C19H22BrO2P. The molecule has 3 rings (SSSR count). The van der Waals surface area contributed by atoms with Crippen molar-refractivity contribution in [2.75, 3.05) is 25.5 Å². The van der Waals surface area contributed by atoms with Crippen LogP contribution in [0.1, 0.15) is 0 Å². The normalized spacial score (nSPS) is 17.5.